The number of methoxy groups -OCH3 is 1. The predicted octanol–water partition coefficient (Wildman–Crippen LogP) is 6.39. The van der Waals surface area contributed by atoms with Gasteiger partial charge in [0.1, 0.15) is 17.6 Å². The maximum absolute atomic E-state index is 13.6. The predicted molar refractivity (Wildman–Crippen MR) is 115 cm³/mol. The van der Waals surface area contributed by atoms with E-state index >= 15 is 0 Å². The van der Waals surface area contributed by atoms with E-state index in [1.165, 1.54) is 12.1 Å². The maximum Gasteiger partial charge on any atom is 0.247 e. The quantitative estimate of drug-likeness (QED) is 0.373. The first-order chi connectivity index (χ1) is 14.5. The number of rotatable bonds is 6. The summed E-state index contributed by atoms with van der Waals surface area (Å²) in [5.74, 6) is 0.716. The Hall–Kier alpha value is -3.09. The number of hydrogen-bond acceptors (Lipinski definition) is 5. The molecule has 0 bridgehead atoms. The lowest BCUT2D eigenvalue weighted by molar-refractivity contribution is 0.415. The van der Waals surface area contributed by atoms with Crippen LogP contribution < -0.4 is 10.1 Å². The summed E-state index contributed by atoms with van der Waals surface area (Å²) in [5.41, 5.74) is 1.97. The van der Waals surface area contributed by atoms with Gasteiger partial charge in [0.25, 0.3) is 0 Å². The van der Waals surface area contributed by atoms with E-state index in [4.69, 9.17) is 32.4 Å². The molecule has 1 unspecified atom stereocenters. The molecule has 152 valence electrons. The molecule has 4 rings (SSSR count). The summed E-state index contributed by atoms with van der Waals surface area (Å²) in [7, 11) is 1.57. The van der Waals surface area contributed by atoms with Crippen LogP contribution in [-0.2, 0) is 0 Å². The van der Waals surface area contributed by atoms with Crippen molar-refractivity contribution in [3.63, 3.8) is 0 Å². The molecule has 0 saturated heterocycles. The van der Waals surface area contributed by atoms with Gasteiger partial charge in [-0.15, -0.1) is 10.2 Å². The van der Waals surface area contributed by atoms with Gasteiger partial charge in [-0.05, 0) is 54.1 Å². The Bertz CT molecular complexity index is 1170. The first kappa shape index (κ1) is 20.2. The first-order valence-electron chi connectivity index (χ1n) is 8.98. The third-order valence-electron chi connectivity index (χ3n) is 4.42. The number of halogens is 3. The van der Waals surface area contributed by atoms with Crippen molar-refractivity contribution in [1.29, 1.82) is 0 Å². The Morgan fingerprint density at radius 3 is 2.47 bits per heavy atom. The summed E-state index contributed by atoms with van der Waals surface area (Å²) >= 11 is 12.2. The molecule has 0 saturated carbocycles. The van der Waals surface area contributed by atoms with Crippen LogP contribution in [-0.4, -0.2) is 17.3 Å². The maximum atomic E-state index is 13.6. The van der Waals surface area contributed by atoms with Gasteiger partial charge in [-0.25, -0.2) is 4.39 Å². The summed E-state index contributed by atoms with van der Waals surface area (Å²) in [6, 6.07) is 17.9. The van der Waals surface area contributed by atoms with Gasteiger partial charge in [0.2, 0.25) is 11.8 Å². The van der Waals surface area contributed by atoms with Gasteiger partial charge in [-0.2, -0.15) is 0 Å². The molecule has 0 spiro atoms. The highest BCUT2D eigenvalue weighted by molar-refractivity contribution is 6.31. The van der Waals surface area contributed by atoms with Crippen molar-refractivity contribution < 1.29 is 13.5 Å². The van der Waals surface area contributed by atoms with Gasteiger partial charge < -0.3 is 14.5 Å². The average Bonchev–Trinajstić information content (AvgIpc) is 3.23. The van der Waals surface area contributed by atoms with E-state index in [0.29, 0.717) is 32.9 Å². The van der Waals surface area contributed by atoms with Crippen molar-refractivity contribution in [1.82, 2.24) is 10.2 Å². The Labute approximate surface area is 182 Å². The van der Waals surface area contributed by atoms with E-state index < -0.39 is 6.04 Å². The molecule has 5 nitrogen and oxygen atoms in total. The van der Waals surface area contributed by atoms with Crippen LogP contribution in [0, 0.1) is 5.82 Å². The molecule has 0 aliphatic carbocycles. The van der Waals surface area contributed by atoms with Gasteiger partial charge in [-0.1, -0.05) is 41.4 Å². The third-order valence-corrected chi connectivity index (χ3v) is 4.91. The summed E-state index contributed by atoms with van der Waals surface area (Å²) in [5, 5.41) is 12.8. The van der Waals surface area contributed by atoms with Crippen LogP contribution >= 0.6 is 23.2 Å². The molecular formula is C22H16Cl2FN3O2. The molecule has 1 atom stereocenters. The minimum Gasteiger partial charge on any atom is -0.495 e. The Balaban J connectivity index is 1.75. The number of ether oxygens (including phenoxy) is 1. The van der Waals surface area contributed by atoms with E-state index in [2.05, 4.69) is 15.5 Å². The normalized spacial score (nSPS) is 11.9. The van der Waals surface area contributed by atoms with Gasteiger partial charge in [0.15, 0.2) is 0 Å². The summed E-state index contributed by atoms with van der Waals surface area (Å²) in [4.78, 5) is 0. The number of benzene rings is 3. The van der Waals surface area contributed by atoms with Crippen LogP contribution in [0.3, 0.4) is 0 Å². The summed E-state index contributed by atoms with van der Waals surface area (Å²) < 4.78 is 24.9. The second-order valence-corrected chi connectivity index (χ2v) is 7.30. The van der Waals surface area contributed by atoms with E-state index in [-0.39, 0.29) is 11.7 Å². The highest BCUT2D eigenvalue weighted by atomic mass is 35.5. The van der Waals surface area contributed by atoms with Crippen LogP contribution in [0.4, 0.5) is 10.1 Å². The first-order valence-corrected chi connectivity index (χ1v) is 9.74. The molecule has 0 radical (unpaired) electrons. The monoisotopic (exact) mass is 443 g/mol. The Morgan fingerprint density at radius 1 is 0.967 bits per heavy atom. The molecule has 0 amide bonds. The van der Waals surface area contributed by atoms with Gasteiger partial charge in [-0.3, -0.25) is 0 Å². The van der Waals surface area contributed by atoms with E-state index in [1.807, 2.05) is 12.1 Å². The molecule has 0 aliphatic rings. The van der Waals surface area contributed by atoms with E-state index in [0.717, 1.165) is 5.56 Å². The average molecular weight is 444 g/mol. The molecule has 0 aliphatic heterocycles. The SMILES string of the molecule is COc1ccc(Cl)cc1NC(c1ccc(Cl)cc1)c1nnc(-c2cccc(F)c2)o1. The minimum atomic E-state index is -0.524. The smallest absolute Gasteiger partial charge is 0.247 e. The fourth-order valence-electron chi connectivity index (χ4n) is 2.98. The standard InChI is InChI=1S/C22H16Cl2FN3O2/c1-29-19-10-9-16(24)12-18(19)26-20(13-5-7-15(23)8-6-13)22-28-27-21(30-22)14-3-2-4-17(25)11-14/h2-12,20,26H,1H3. The number of hydrogen-bond donors (Lipinski definition) is 1. The molecule has 30 heavy (non-hydrogen) atoms. The number of nitrogens with one attached hydrogen (secondary N) is 1. The van der Waals surface area contributed by atoms with Crippen molar-refractivity contribution >= 4 is 28.9 Å². The van der Waals surface area contributed by atoms with Crippen molar-refractivity contribution in [3.8, 4) is 17.2 Å². The third kappa shape index (κ3) is 4.40. The van der Waals surface area contributed by atoms with Crippen molar-refractivity contribution in [2.75, 3.05) is 12.4 Å². The molecule has 3 aromatic carbocycles. The van der Waals surface area contributed by atoms with Gasteiger partial charge in [0, 0.05) is 15.6 Å². The van der Waals surface area contributed by atoms with Crippen molar-refractivity contribution in [2.45, 2.75) is 6.04 Å². The van der Waals surface area contributed by atoms with Crippen LogP contribution in [0.1, 0.15) is 17.5 Å². The largest absolute Gasteiger partial charge is 0.495 e. The molecule has 0 fully saturated rings. The number of aromatic nitrogens is 2. The lowest BCUT2D eigenvalue weighted by Crippen LogP contribution is -2.13. The highest BCUT2D eigenvalue weighted by Crippen LogP contribution is 2.34. The lowest BCUT2D eigenvalue weighted by Gasteiger charge is -2.19. The molecule has 1 N–H and O–H groups in total. The van der Waals surface area contributed by atoms with Crippen LogP contribution in [0.15, 0.2) is 71.1 Å². The topological polar surface area (TPSA) is 60.2 Å². The van der Waals surface area contributed by atoms with Crippen molar-refractivity contribution in [3.05, 3.63) is 94.0 Å². The fraction of sp³-hybridized carbons (Fsp3) is 0.0909. The second-order valence-electron chi connectivity index (χ2n) is 6.43. The minimum absolute atomic E-state index is 0.211. The van der Waals surface area contributed by atoms with Crippen LogP contribution in [0.2, 0.25) is 10.0 Å². The number of nitrogens with zero attached hydrogens (tertiary/aromatic N) is 2. The van der Waals surface area contributed by atoms with E-state index in [1.54, 1.807) is 49.6 Å². The number of anilines is 1. The zero-order valence-corrected chi connectivity index (χ0v) is 17.3. The Kier molecular flexibility index (Phi) is 5.88. The molecular weight excluding hydrogens is 428 g/mol. The highest BCUT2D eigenvalue weighted by Gasteiger charge is 2.23. The van der Waals surface area contributed by atoms with Gasteiger partial charge in [0.05, 0.1) is 12.8 Å². The van der Waals surface area contributed by atoms with Crippen molar-refractivity contribution in [2.24, 2.45) is 0 Å². The summed E-state index contributed by atoms with van der Waals surface area (Å²) in [6.07, 6.45) is 0. The van der Waals surface area contributed by atoms with Crippen LogP contribution in [0.5, 0.6) is 5.75 Å². The zero-order valence-electron chi connectivity index (χ0n) is 15.8. The Morgan fingerprint density at radius 2 is 1.73 bits per heavy atom. The second kappa shape index (κ2) is 8.73. The lowest BCUT2D eigenvalue weighted by atomic mass is 10.1. The fourth-order valence-corrected chi connectivity index (χ4v) is 3.28. The molecule has 4 aromatic rings. The van der Waals surface area contributed by atoms with Crippen LogP contribution in [0.25, 0.3) is 11.5 Å². The van der Waals surface area contributed by atoms with E-state index in [9.17, 15) is 4.39 Å². The summed E-state index contributed by atoms with van der Waals surface area (Å²) in [6.45, 7) is 0. The zero-order chi connectivity index (χ0) is 21.1. The molecule has 8 heteroatoms. The van der Waals surface area contributed by atoms with Gasteiger partial charge >= 0.3 is 0 Å². The molecule has 1 heterocycles. The molecule has 1 aromatic heterocycles.